The van der Waals surface area contributed by atoms with Crippen LogP contribution in [0, 0.1) is 0 Å². The third-order valence-electron chi connectivity index (χ3n) is 5.91. The van der Waals surface area contributed by atoms with E-state index in [0.29, 0.717) is 19.8 Å². The van der Waals surface area contributed by atoms with Gasteiger partial charge in [-0.15, -0.1) is 0 Å². The third-order valence-corrected chi connectivity index (χ3v) is 5.91. The van der Waals surface area contributed by atoms with Crippen molar-refractivity contribution in [3.05, 3.63) is 41.6 Å². The number of aromatic nitrogens is 3. The molecule has 192 valence electrons. The smallest absolute Gasteiger partial charge is 0.222 e. The highest BCUT2D eigenvalue weighted by molar-refractivity contribution is 5.87. The van der Waals surface area contributed by atoms with Crippen LogP contribution in [0.3, 0.4) is 0 Å². The summed E-state index contributed by atoms with van der Waals surface area (Å²) >= 11 is 0. The molecule has 2 fully saturated rings. The van der Waals surface area contributed by atoms with Gasteiger partial charge in [0.1, 0.15) is 11.3 Å². The number of piperazine rings is 1. The number of fused-ring (bicyclic) bond motifs is 1. The van der Waals surface area contributed by atoms with Gasteiger partial charge in [0.2, 0.25) is 5.95 Å². The van der Waals surface area contributed by atoms with E-state index in [-0.39, 0.29) is 12.0 Å². The first-order chi connectivity index (χ1) is 17.2. The number of methoxy groups -OCH3 is 1. The molecule has 2 aromatic heterocycles. The average Bonchev–Trinajstić information content (AvgIpc) is 3.27. The van der Waals surface area contributed by atoms with E-state index in [2.05, 4.69) is 48.3 Å². The van der Waals surface area contributed by atoms with Gasteiger partial charge in [0.15, 0.2) is 5.82 Å². The lowest BCUT2D eigenvalue weighted by Gasteiger charge is -2.28. The van der Waals surface area contributed by atoms with Crippen molar-refractivity contribution in [2.45, 2.75) is 46.8 Å². The standard InChI is InChI=1S/C22H29N7O2.2C2H6/c1-30-19-10-15(11-28-8-5-24-6-9-28)2-3-16(19)12-29-7-4-18-20(29)21(27-22(23)26-18)25-17-13-31-14-17;2*1-2/h2-4,7,10,17,24H,5-6,8-9,11-14H2,1H3,(H3,23,25,26,27);2*1-2H3. The van der Waals surface area contributed by atoms with Crippen molar-refractivity contribution >= 4 is 22.8 Å². The van der Waals surface area contributed by atoms with Crippen LogP contribution in [0.25, 0.3) is 11.0 Å². The van der Waals surface area contributed by atoms with E-state index < -0.39 is 0 Å². The minimum atomic E-state index is 0.250. The fraction of sp³-hybridized carbons (Fsp3) is 0.538. The summed E-state index contributed by atoms with van der Waals surface area (Å²) < 4.78 is 13.2. The fourth-order valence-corrected chi connectivity index (χ4v) is 4.20. The normalized spacial score (nSPS) is 15.9. The molecule has 9 heteroatoms. The Balaban J connectivity index is 0.000000815. The maximum Gasteiger partial charge on any atom is 0.222 e. The van der Waals surface area contributed by atoms with Crippen molar-refractivity contribution in [3.63, 3.8) is 0 Å². The lowest BCUT2D eigenvalue weighted by molar-refractivity contribution is 0.0210. The Labute approximate surface area is 209 Å². The van der Waals surface area contributed by atoms with Gasteiger partial charge >= 0.3 is 0 Å². The highest BCUT2D eigenvalue weighted by Crippen LogP contribution is 2.28. The summed E-state index contributed by atoms with van der Waals surface area (Å²) in [6.07, 6.45) is 2.02. The summed E-state index contributed by atoms with van der Waals surface area (Å²) in [4.78, 5) is 11.3. The zero-order valence-electron chi connectivity index (χ0n) is 21.8. The predicted octanol–water partition coefficient (Wildman–Crippen LogP) is 3.34. The molecule has 0 saturated carbocycles. The largest absolute Gasteiger partial charge is 0.496 e. The number of hydrogen-bond donors (Lipinski definition) is 3. The summed E-state index contributed by atoms with van der Waals surface area (Å²) in [7, 11) is 1.73. The van der Waals surface area contributed by atoms with Crippen LogP contribution in [0.15, 0.2) is 30.5 Å². The zero-order valence-corrected chi connectivity index (χ0v) is 21.8. The molecule has 5 rings (SSSR count). The number of nitrogens with two attached hydrogens (primary N) is 1. The van der Waals surface area contributed by atoms with Crippen molar-refractivity contribution < 1.29 is 9.47 Å². The first-order valence-corrected chi connectivity index (χ1v) is 12.7. The van der Waals surface area contributed by atoms with Gasteiger partial charge in [-0.05, 0) is 17.7 Å². The number of anilines is 2. The molecule has 4 N–H and O–H groups in total. The topological polar surface area (TPSA) is 102 Å². The molecule has 35 heavy (non-hydrogen) atoms. The highest BCUT2D eigenvalue weighted by Gasteiger charge is 2.21. The Morgan fingerprint density at radius 3 is 2.49 bits per heavy atom. The molecule has 3 aromatic rings. The van der Waals surface area contributed by atoms with Gasteiger partial charge in [-0.3, -0.25) is 4.90 Å². The monoisotopic (exact) mass is 483 g/mol. The van der Waals surface area contributed by atoms with Gasteiger partial charge in [-0.2, -0.15) is 4.98 Å². The summed E-state index contributed by atoms with van der Waals surface area (Å²) in [5.74, 6) is 1.91. The number of nitrogens with one attached hydrogen (secondary N) is 2. The first kappa shape index (κ1) is 26.7. The van der Waals surface area contributed by atoms with Crippen LogP contribution in [-0.4, -0.2) is 72.0 Å². The molecule has 2 saturated heterocycles. The van der Waals surface area contributed by atoms with Crippen molar-refractivity contribution in [2.75, 3.05) is 57.6 Å². The number of hydrogen-bond acceptors (Lipinski definition) is 8. The van der Waals surface area contributed by atoms with Crippen molar-refractivity contribution in [1.82, 2.24) is 24.8 Å². The molecule has 0 unspecified atom stereocenters. The van der Waals surface area contributed by atoms with Crippen LogP contribution >= 0.6 is 0 Å². The maximum absolute atomic E-state index is 5.93. The number of rotatable bonds is 7. The molecule has 0 bridgehead atoms. The molecule has 4 heterocycles. The van der Waals surface area contributed by atoms with E-state index in [1.54, 1.807) is 7.11 Å². The van der Waals surface area contributed by atoms with E-state index in [0.717, 1.165) is 60.9 Å². The molecular formula is C26H41N7O2. The quantitative estimate of drug-likeness (QED) is 0.470. The Morgan fingerprint density at radius 1 is 1.09 bits per heavy atom. The van der Waals surface area contributed by atoms with Crippen LogP contribution < -0.4 is 21.1 Å². The van der Waals surface area contributed by atoms with E-state index in [9.17, 15) is 0 Å². The molecular weight excluding hydrogens is 442 g/mol. The van der Waals surface area contributed by atoms with E-state index in [1.165, 1.54) is 5.56 Å². The molecule has 0 atom stereocenters. The van der Waals surface area contributed by atoms with Crippen molar-refractivity contribution in [2.24, 2.45) is 0 Å². The van der Waals surface area contributed by atoms with Gasteiger partial charge in [-0.25, -0.2) is 4.98 Å². The van der Waals surface area contributed by atoms with Crippen molar-refractivity contribution in [3.8, 4) is 5.75 Å². The lowest BCUT2D eigenvalue weighted by Crippen LogP contribution is -2.42. The predicted molar refractivity (Wildman–Crippen MR) is 143 cm³/mol. The number of benzene rings is 1. The highest BCUT2D eigenvalue weighted by atomic mass is 16.5. The Kier molecular flexibility index (Phi) is 10.1. The van der Waals surface area contributed by atoms with Crippen LogP contribution in [0.5, 0.6) is 5.75 Å². The summed E-state index contributed by atoms with van der Waals surface area (Å²) in [6.45, 7) is 15.2. The number of nitrogens with zero attached hydrogens (tertiary/aromatic N) is 4. The van der Waals surface area contributed by atoms with Crippen LogP contribution in [0.2, 0.25) is 0 Å². The second-order valence-electron chi connectivity index (χ2n) is 8.16. The van der Waals surface area contributed by atoms with Gasteiger partial charge in [0.05, 0.1) is 38.4 Å². The van der Waals surface area contributed by atoms with Gasteiger partial charge < -0.3 is 30.4 Å². The number of nitrogen functional groups attached to an aromatic ring is 1. The Morgan fingerprint density at radius 2 is 1.83 bits per heavy atom. The Hall–Kier alpha value is -2.88. The molecule has 0 amide bonds. The molecule has 0 radical (unpaired) electrons. The lowest BCUT2D eigenvalue weighted by atomic mass is 10.1. The van der Waals surface area contributed by atoms with Crippen LogP contribution in [0.1, 0.15) is 38.8 Å². The zero-order chi connectivity index (χ0) is 25.2. The summed E-state index contributed by atoms with van der Waals surface area (Å²) in [6, 6.07) is 8.74. The second-order valence-corrected chi connectivity index (χ2v) is 8.16. The van der Waals surface area contributed by atoms with E-state index in [1.807, 2.05) is 40.0 Å². The van der Waals surface area contributed by atoms with Crippen LogP contribution in [-0.2, 0) is 17.8 Å². The van der Waals surface area contributed by atoms with Gasteiger partial charge in [0.25, 0.3) is 0 Å². The van der Waals surface area contributed by atoms with Gasteiger partial charge in [-0.1, -0.05) is 39.8 Å². The maximum atomic E-state index is 5.93. The summed E-state index contributed by atoms with van der Waals surface area (Å²) in [5, 5.41) is 6.84. The Bertz CT molecular complexity index is 1060. The molecule has 9 nitrogen and oxygen atoms in total. The molecule has 2 aliphatic rings. The van der Waals surface area contributed by atoms with E-state index >= 15 is 0 Å². The van der Waals surface area contributed by atoms with Crippen LogP contribution in [0.4, 0.5) is 11.8 Å². The second kappa shape index (κ2) is 13.3. The average molecular weight is 484 g/mol. The number of ether oxygens (including phenoxy) is 2. The SMILES string of the molecule is CC.CC.COc1cc(CN2CCNCC2)ccc1Cn1ccc2nc(N)nc(NC3COC3)c21. The first-order valence-electron chi connectivity index (χ1n) is 12.7. The minimum absolute atomic E-state index is 0.250. The third kappa shape index (κ3) is 6.62. The minimum Gasteiger partial charge on any atom is -0.496 e. The molecule has 0 aliphatic carbocycles. The summed E-state index contributed by atoms with van der Waals surface area (Å²) in [5.41, 5.74) is 10.1. The molecule has 1 aromatic carbocycles. The van der Waals surface area contributed by atoms with Gasteiger partial charge in [0, 0.05) is 44.5 Å². The molecule has 0 spiro atoms. The van der Waals surface area contributed by atoms with E-state index in [4.69, 9.17) is 15.2 Å². The molecule has 2 aliphatic heterocycles. The van der Waals surface area contributed by atoms with Crippen molar-refractivity contribution in [1.29, 1.82) is 0 Å². The fourth-order valence-electron chi connectivity index (χ4n) is 4.20.